The third-order valence-electron chi connectivity index (χ3n) is 4.92. The average molecular weight is 338 g/mol. The van der Waals surface area contributed by atoms with Crippen molar-refractivity contribution in [3.8, 4) is 5.75 Å². The van der Waals surface area contributed by atoms with Gasteiger partial charge in [-0.2, -0.15) is 4.31 Å². The summed E-state index contributed by atoms with van der Waals surface area (Å²) in [6.07, 6.45) is 1.92. The second-order valence-corrected chi connectivity index (χ2v) is 8.42. The predicted molar refractivity (Wildman–Crippen MR) is 85.8 cm³/mol. The van der Waals surface area contributed by atoms with Crippen molar-refractivity contribution in [3.63, 3.8) is 0 Å². The van der Waals surface area contributed by atoms with Crippen LogP contribution in [0, 0.1) is 12.3 Å². The molecule has 0 atom stereocenters. The molecule has 2 heterocycles. The van der Waals surface area contributed by atoms with Gasteiger partial charge < -0.3 is 10.1 Å². The van der Waals surface area contributed by atoms with Crippen LogP contribution < -0.4 is 10.1 Å². The molecule has 0 bridgehead atoms. The lowest BCUT2D eigenvalue weighted by Crippen LogP contribution is -2.44. The number of carbonyl (C=O) groups is 1. The third-order valence-corrected chi connectivity index (χ3v) is 6.84. The molecule has 3 rings (SSSR count). The number of carbonyl (C=O) groups excluding carboxylic acids is 1. The molecule has 0 radical (unpaired) electrons. The van der Waals surface area contributed by atoms with Gasteiger partial charge in [-0.3, -0.25) is 4.79 Å². The number of methoxy groups -OCH3 is 1. The average Bonchev–Trinajstić information content (AvgIpc) is 2.88. The maximum absolute atomic E-state index is 13.0. The number of hydrogen-bond acceptors (Lipinski definition) is 4. The van der Waals surface area contributed by atoms with E-state index in [-0.39, 0.29) is 16.2 Å². The summed E-state index contributed by atoms with van der Waals surface area (Å²) in [6.45, 7) is 3.40. The highest BCUT2D eigenvalue weighted by Crippen LogP contribution is 2.39. The predicted octanol–water partition coefficient (Wildman–Crippen LogP) is 1.29. The quantitative estimate of drug-likeness (QED) is 0.901. The molecule has 6 nitrogen and oxygen atoms in total. The number of benzene rings is 1. The Morgan fingerprint density at radius 1 is 1.26 bits per heavy atom. The first-order valence-corrected chi connectivity index (χ1v) is 9.22. The molecule has 0 aliphatic carbocycles. The van der Waals surface area contributed by atoms with Crippen molar-refractivity contribution in [2.24, 2.45) is 5.41 Å². The second-order valence-electron chi connectivity index (χ2n) is 6.51. The molecule has 7 heteroatoms. The zero-order valence-electron chi connectivity index (χ0n) is 13.5. The number of nitrogens with zero attached hydrogens (tertiary/aromatic N) is 1. The fraction of sp³-hybridized carbons (Fsp3) is 0.562. The number of ether oxygens (including phenoxy) is 1. The summed E-state index contributed by atoms with van der Waals surface area (Å²) in [5.74, 6) is 0.440. The molecular formula is C16H22N2O4S. The Morgan fingerprint density at radius 2 is 1.96 bits per heavy atom. The lowest BCUT2D eigenvalue weighted by molar-refractivity contribution is -0.119. The van der Waals surface area contributed by atoms with Crippen molar-refractivity contribution in [1.29, 1.82) is 0 Å². The summed E-state index contributed by atoms with van der Waals surface area (Å²) in [7, 11) is -2.11. The smallest absolute Gasteiger partial charge is 0.246 e. The molecule has 2 aliphatic heterocycles. The first-order valence-electron chi connectivity index (χ1n) is 7.78. The Morgan fingerprint density at radius 3 is 2.52 bits per heavy atom. The van der Waals surface area contributed by atoms with E-state index in [1.165, 1.54) is 11.4 Å². The summed E-state index contributed by atoms with van der Waals surface area (Å²) < 4.78 is 32.6. The van der Waals surface area contributed by atoms with Crippen molar-refractivity contribution in [2.45, 2.75) is 31.1 Å². The minimum Gasteiger partial charge on any atom is -0.495 e. The minimum absolute atomic E-state index is 0.0696. The largest absolute Gasteiger partial charge is 0.495 e. The van der Waals surface area contributed by atoms with E-state index in [1.54, 1.807) is 12.1 Å². The van der Waals surface area contributed by atoms with E-state index in [2.05, 4.69) is 5.32 Å². The second kappa shape index (κ2) is 5.79. The molecule has 0 saturated carbocycles. The van der Waals surface area contributed by atoms with Crippen LogP contribution >= 0.6 is 0 Å². The Balaban J connectivity index is 1.82. The van der Waals surface area contributed by atoms with Crippen molar-refractivity contribution in [1.82, 2.24) is 9.62 Å². The van der Waals surface area contributed by atoms with Crippen molar-refractivity contribution >= 4 is 15.9 Å². The molecule has 2 fully saturated rings. The van der Waals surface area contributed by atoms with Gasteiger partial charge in [0, 0.05) is 26.1 Å². The zero-order valence-corrected chi connectivity index (χ0v) is 14.3. The van der Waals surface area contributed by atoms with Gasteiger partial charge in [0.2, 0.25) is 15.9 Å². The van der Waals surface area contributed by atoms with E-state index in [0.29, 0.717) is 44.6 Å². The van der Waals surface area contributed by atoms with Crippen LogP contribution in [0.3, 0.4) is 0 Å². The molecule has 1 N–H and O–H groups in total. The highest BCUT2D eigenvalue weighted by molar-refractivity contribution is 7.89. The highest BCUT2D eigenvalue weighted by atomic mass is 32.2. The molecule has 1 aromatic rings. The number of aryl methyl sites for hydroxylation is 1. The summed E-state index contributed by atoms with van der Waals surface area (Å²) in [6, 6.07) is 5.17. The molecule has 0 unspecified atom stereocenters. The summed E-state index contributed by atoms with van der Waals surface area (Å²) >= 11 is 0. The lowest BCUT2D eigenvalue weighted by Gasteiger charge is -2.37. The van der Waals surface area contributed by atoms with E-state index >= 15 is 0 Å². The molecule has 23 heavy (non-hydrogen) atoms. The molecule has 2 aliphatic rings. The molecule has 0 aromatic heterocycles. The van der Waals surface area contributed by atoms with Crippen LogP contribution in [0.25, 0.3) is 0 Å². The Bertz CT molecular complexity index is 722. The van der Waals surface area contributed by atoms with Crippen molar-refractivity contribution in [2.75, 3.05) is 26.7 Å². The van der Waals surface area contributed by atoms with Gasteiger partial charge in [-0.25, -0.2) is 8.42 Å². The van der Waals surface area contributed by atoms with Gasteiger partial charge in [-0.15, -0.1) is 0 Å². The van der Waals surface area contributed by atoms with E-state index in [9.17, 15) is 13.2 Å². The number of piperidine rings is 1. The number of nitrogens with one attached hydrogen (secondary N) is 1. The third kappa shape index (κ3) is 2.95. The SMILES string of the molecule is COc1ccc(C)cc1S(=O)(=O)N1CCC2(CC1)CNC(=O)C2. The monoisotopic (exact) mass is 338 g/mol. The normalized spacial score (nSPS) is 21.4. The van der Waals surface area contributed by atoms with Crippen LogP contribution in [-0.2, 0) is 14.8 Å². The van der Waals surface area contributed by atoms with Gasteiger partial charge >= 0.3 is 0 Å². The Kier molecular flexibility index (Phi) is 4.10. The molecule has 2 saturated heterocycles. The van der Waals surface area contributed by atoms with Crippen LogP contribution in [0.15, 0.2) is 23.1 Å². The zero-order chi connectivity index (χ0) is 16.7. The molecule has 126 valence electrons. The van der Waals surface area contributed by atoms with Crippen LogP contribution in [0.2, 0.25) is 0 Å². The molecule has 1 spiro atoms. The standard InChI is InChI=1S/C16H22N2O4S/c1-12-3-4-13(22-2)14(9-12)23(20,21)18-7-5-16(6-8-18)10-15(19)17-11-16/h3-4,9H,5-8,10-11H2,1-2H3,(H,17,19). The fourth-order valence-electron chi connectivity index (χ4n) is 3.43. The molecular weight excluding hydrogens is 316 g/mol. The van der Waals surface area contributed by atoms with Crippen LogP contribution in [-0.4, -0.2) is 45.4 Å². The van der Waals surface area contributed by atoms with Crippen LogP contribution in [0.4, 0.5) is 0 Å². The van der Waals surface area contributed by atoms with Gasteiger partial charge in [-0.05, 0) is 42.9 Å². The fourth-order valence-corrected chi connectivity index (χ4v) is 5.11. The number of amides is 1. The van der Waals surface area contributed by atoms with Crippen LogP contribution in [0.5, 0.6) is 5.75 Å². The van der Waals surface area contributed by atoms with E-state index in [4.69, 9.17) is 4.74 Å². The van der Waals surface area contributed by atoms with E-state index in [0.717, 1.165) is 5.56 Å². The van der Waals surface area contributed by atoms with E-state index < -0.39 is 10.0 Å². The van der Waals surface area contributed by atoms with Gasteiger partial charge in [-0.1, -0.05) is 6.07 Å². The lowest BCUT2D eigenvalue weighted by atomic mass is 9.78. The minimum atomic E-state index is -3.58. The molecule has 1 amide bonds. The Hall–Kier alpha value is -1.60. The number of sulfonamides is 1. The van der Waals surface area contributed by atoms with Gasteiger partial charge in [0.15, 0.2) is 0 Å². The summed E-state index contributed by atoms with van der Waals surface area (Å²) in [5, 5.41) is 2.86. The maximum atomic E-state index is 13.0. The topological polar surface area (TPSA) is 75.7 Å². The molecule has 1 aromatic carbocycles. The van der Waals surface area contributed by atoms with Crippen molar-refractivity contribution < 1.29 is 17.9 Å². The van der Waals surface area contributed by atoms with E-state index in [1.807, 2.05) is 13.0 Å². The first kappa shape index (κ1) is 16.3. The van der Waals surface area contributed by atoms with Crippen LogP contribution in [0.1, 0.15) is 24.8 Å². The van der Waals surface area contributed by atoms with Gasteiger partial charge in [0.25, 0.3) is 0 Å². The number of rotatable bonds is 3. The maximum Gasteiger partial charge on any atom is 0.246 e. The van der Waals surface area contributed by atoms with Gasteiger partial charge in [0.05, 0.1) is 7.11 Å². The Labute approximate surface area is 136 Å². The first-order chi connectivity index (χ1) is 10.9. The summed E-state index contributed by atoms with van der Waals surface area (Å²) in [5.41, 5.74) is 0.809. The summed E-state index contributed by atoms with van der Waals surface area (Å²) in [4.78, 5) is 11.7. The highest BCUT2D eigenvalue weighted by Gasteiger charge is 2.43. The van der Waals surface area contributed by atoms with Crippen molar-refractivity contribution in [3.05, 3.63) is 23.8 Å². The number of hydrogen-bond donors (Lipinski definition) is 1. The van der Waals surface area contributed by atoms with Gasteiger partial charge in [0.1, 0.15) is 10.6 Å².